The zero-order valence-corrected chi connectivity index (χ0v) is 14.5. The number of hydrogen-bond acceptors (Lipinski definition) is 5. The van der Waals surface area contributed by atoms with Gasteiger partial charge in [0.1, 0.15) is 11.4 Å². The van der Waals surface area contributed by atoms with E-state index in [-0.39, 0.29) is 5.60 Å². The van der Waals surface area contributed by atoms with E-state index in [9.17, 15) is 4.79 Å². The van der Waals surface area contributed by atoms with Crippen LogP contribution in [0.1, 0.15) is 26.3 Å². The fourth-order valence-electron chi connectivity index (χ4n) is 2.46. The summed E-state index contributed by atoms with van der Waals surface area (Å²) in [4.78, 5) is 12.1. The summed E-state index contributed by atoms with van der Waals surface area (Å²) < 4.78 is 16.2. The summed E-state index contributed by atoms with van der Waals surface area (Å²) in [6.45, 7) is 7.08. The van der Waals surface area contributed by atoms with Crippen LogP contribution in [0.4, 0.5) is 10.5 Å². The second-order valence-corrected chi connectivity index (χ2v) is 6.82. The van der Waals surface area contributed by atoms with Gasteiger partial charge in [0.15, 0.2) is 0 Å². The highest BCUT2D eigenvalue weighted by Gasteiger charge is 2.37. The van der Waals surface area contributed by atoms with Crippen molar-refractivity contribution < 1.29 is 19.0 Å². The summed E-state index contributed by atoms with van der Waals surface area (Å²) >= 11 is 0. The Morgan fingerprint density at radius 3 is 2.48 bits per heavy atom. The molecule has 0 bridgehead atoms. The predicted octanol–water partition coefficient (Wildman–Crippen LogP) is 2.57. The molecule has 1 saturated heterocycles. The van der Waals surface area contributed by atoms with Gasteiger partial charge in [-0.15, -0.1) is 0 Å². The second-order valence-electron chi connectivity index (χ2n) is 6.82. The van der Waals surface area contributed by atoms with Gasteiger partial charge in [-0.05, 0) is 32.4 Å². The van der Waals surface area contributed by atoms with Gasteiger partial charge >= 0.3 is 6.09 Å². The van der Waals surface area contributed by atoms with E-state index in [1.165, 1.54) is 0 Å². The summed E-state index contributed by atoms with van der Waals surface area (Å²) in [6.07, 6.45) is 0.219. The highest BCUT2D eigenvalue weighted by Crippen LogP contribution is 2.29. The van der Waals surface area contributed by atoms with E-state index >= 15 is 0 Å². The minimum absolute atomic E-state index is 0.223. The zero-order valence-electron chi connectivity index (χ0n) is 14.5. The molecule has 0 radical (unpaired) electrons. The third-order valence-corrected chi connectivity index (χ3v) is 3.79. The number of amides is 1. The number of ether oxygens (including phenoxy) is 3. The van der Waals surface area contributed by atoms with Crippen molar-refractivity contribution in [2.75, 3.05) is 32.6 Å². The average molecular weight is 322 g/mol. The molecule has 6 nitrogen and oxygen atoms in total. The molecule has 1 amide bonds. The quantitative estimate of drug-likeness (QED) is 0.872. The largest absolute Gasteiger partial charge is 0.497 e. The Balaban J connectivity index is 2.19. The van der Waals surface area contributed by atoms with Crippen LogP contribution in [-0.2, 0) is 15.9 Å². The third-order valence-electron chi connectivity index (χ3n) is 3.79. The molecule has 0 spiro atoms. The molecule has 2 N–H and O–H groups in total. The fraction of sp³-hybridized carbons (Fsp3) is 0.588. The highest BCUT2D eigenvalue weighted by atomic mass is 16.6. The van der Waals surface area contributed by atoms with Crippen molar-refractivity contribution >= 4 is 11.8 Å². The lowest BCUT2D eigenvalue weighted by atomic mass is 9.88. The van der Waals surface area contributed by atoms with Crippen molar-refractivity contribution in [2.45, 2.75) is 38.4 Å². The van der Waals surface area contributed by atoms with E-state index in [1.54, 1.807) is 20.3 Å². The molecular weight excluding hydrogens is 296 g/mol. The lowest BCUT2D eigenvalue weighted by Gasteiger charge is -2.41. The van der Waals surface area contributed by atoms with Crippen LogP contribution in [0.2, 0.25) is 0 Å². The number of rotatable bonds is 5. The van der Waals surface area contributed by atoms with Crippen LogP contribution in [0.15, 0.2) is 18.2 Å². The molecule has 0 atom stereocenters. The molecule has 6 heteroatoms. The van der Waals surface area contributed by atoms with Crippen molar-refractivity contribution in [2.24, 2.45) is 0 Å². The average Bonchev–Trinajstić information content (AvgIpc) is 2.42. The first kappa shape index (κ1) is 17.6. The van der Waals surface area contributed by atoms with Crippen molar-refractivity contribution in [3.05, 3.63) is 23.8 Å². The van der Waals surface area contributed by atoms with Gasteiger partial charge in [0.2, 0.25) is 0 Å². The van der Waals surface area contributed by atoms with E-state index in [2.05, 4.69) is 10.6 Å². The van der Waals surface area contributed by atoms with Gasteiger partial charge in [-0.1, -0.05) is 6.07 Å². The normalized spacial score (nSPS) is 16.4. The number of methoxy groups -OCH3 is 2. The fourth-order valence-corrected chi connectivity index (χ4v) is 2.46. The third kappa shape index (κ3) is 4.59. The summed E-state index contributed by atoms with van der Waals surface area (Å²) in [5.41, 5.74) is 0.898. The summed E-state index contributed by atoms with van der Waals surface area (Å²) in [5, 5.41) is 6.04. The van der Waals surface area contributed by atoms with Crippen LogP contribution in [0.25, 0.3) is 0 Å². The lowest BCUT2D eigenvalue weighted by Crippen LogP contribution is -2.61. The van der Waals surface area contributed by atoms with Crippen LogP contribution in [0, 0.1) is 0 Å². The summed E-state index contributed by atoms with van der Waals surface area (Å²) in [6, 6.07) is 5.63. The molecule has 128 valence electrons. The second kappa shape index (κ2) is 6.76. The van der Waals surface area contributed by atoms with E-state index in [4.69, 9.17) is 14.2 Å². The summed E-state index contributed by atoms with van der Waals surface area (Å²) in [7, 11) is 3.31. The Kier molecular flexibility index (Phi) is 5.16. The van der Waals surface area contributed by atoms with E-state index in [1.807, 2.05) is 32.9 Å². The maximum atomic E-state index is 12.1. The van der Waals surface area contributed by atoms with Gasteiger partial charge < -0.3 is 19.5 Å². The number of benzene rings is 1. The van der Waals surface area contributed by atoms with Gasteiger partial charge in [0.05, 0.1) is 18.4 Å². The van der Waals surface area contributed by atoms with Crippen molar-refractivity contribution in [1.29, 1.82) is 0 Å². The highest BCUT2D eigenvalue weighted by molar-refractivity contribution is 5.86. The molecular formula is C17H26N2O4. The number of carbonyl (C=O) groups excluding carboxylic acids is 1. The molecule has 0 aromatic heterocycles. The van der Waals surface area contributed by atoms with Crippen molar-refractivity contribution in [1.82, 2.24) is 5.32 Å². The molecule has 1 aliphatic rings. The molecule has 2 rings (SSSR count). The van der Waals surface area contributed by atoms with E-state index in [0.29, 0.717) is 17.9 Å². The van der Waals surface area contributed by atoms with Gasteiger partial charge in [-0.3, -0.25) is 5.32 Å². The number of nitrogens with one attached hydrogen (secondary N) is 2. The Labute approximate surface area is 137 Å². The van der Waals surface area contributed by atoms with Crippen molar-refractivity contribution in [3.8, 4) is 5.75 Å². The monoisotopic (exact) mass is 322 g/mol. The maximum absolute atomic E-state index is 12.1. The van der Waals surface area contributed by atoms with Crippen LogP contribution in [0.5, 0.6) is 5.75 Å². The Bertz CT molecular complexity index is 557. The smallest absolute Gasteiger partial charge is 0.412 e. The molecule has 0 saturated carbocycles. The van der Waals surface area contributed by atoms with E-state index in [0.717, 1.165) is 18.7 Å². The van der Waals surface area contributed by atoms with Crippen molar-refractivity contribution in [3.63, 3.8) is 0 Å². The van der Waals surface area contributed by atoms with Crippen LogP contribution >= 0.6 is 0 Å². The maximum Gasteiger partial charge on any atom is 0.412 e. The lowest BCUT2D eigenvalue weighted by molar-refractivity contribution is -0.0501. The SMILES string of the molecule is COc1ccc(CC2(OC)CNC2)c(NC(=O)OC(C)(C)C)c1. The van der Waals surface area contributed by atoms with Gasteiger partial charge in [-0.2, -0.15) is 0 Å². The number of anilines is 1. The van der Waals surface area contributed by atoms with Gasteiger partial charge in [0, 0.05) is 32.7 Å². The van der Waals surface area contributed by atoms with Crippen LogP contribution in [0.3, 0.4) is 0 Å². The first-order valence-corrected chi connectivity index (χ1v) is 7.70. The van der Waals surface area contributed by atoms with Crippen LogP contribution < -0.4 is 15.4 Å². The molecule has 1 heterocycles. The Morgan fingerprint density at radius 1 is 1.30 bits per heavy atom. The topological polar surface area (TPSA) is 68.8 Å². The summed E-state index contributed by atoms with van der Waals surface area (Å²) in [5.74, 6) is 0.679. The first-order valence-electron chi connectivity index (χ1n) is 7.70. The molecule has 1 fully saturated rings. The number of carbonyl (C=O) groups is 1. The molecule has 1 aromatic carbocycles. The van der Waals surface area contributed by atoms with Gasteiger partial charge in [0.25, 0.3) is 0 Å². The molecule has 1 aromatic rings. The predicted molar refractivity (Wildman–Crippen MR) is 89.2 cm³/mol. The van der Waals surface area contributed by atoms with Gasteiger partial charge in [-0.25, -0.2) is 4.79 Å². The molecule has 23 heavy (non-hydrogen) atoms. The number of hydrogen-bond donors (Lipinski definition) is 2. The Hall–Kier alpha value is -1.79. The first-order chi connectivity index (χ1) is 10.8. The Morgan fingerprint density at radius 2 is 2.00 bits per heavy atom. The minimum atomic E-state index is -0.547. The standard InChI is InChI=1S/C17H26N2O4/c1-16(2,3)23-15(20)19-14-8-13(21-4)7-6-12(14)9-17(22-5)10-18-11-17/h6-8,18H,9-11H2,1-5H3,(H,19,20). The molecule has 0 unspecified atom stereocenters. The minimum Gasteiger partial charge on any atom is -0.497 e. The van der Waals surface area contributed by atoms with Crippen LogP contribution in [-0.4, -0.2) is 44.6 Å². The molecule has 1 aliphatic heterocycles. The molecule has 0 aliphatic carbocycles. The van der Waals surface area contributed by atoms with E-state index < -0.39 is 11.7 Å². The zero-order chi connectivity index (χ0) is 17.1.